The van der Waals surface area contributed by atoms with Gasteiger partial charge in [-0.25, -0.2) is 4.79 Å². The number of urea groups is 1. The first-order valence-corrected chi connectivity index (χ1v) is 6.89. The molecule has 0 aliphatic heterocycles. The third-order valence-corrected chi connectivity index (χ3v) is 3.15. The zero-order valence-corrected chi connectivity index (χ0v) is 12.3. The number of amides is 2. The summed E-state index contributed by atoms with van der Waals surface area (Å²) in [4.78, 5) is 24.8. The summed E-state index contributed by atoms with van der Waals surface area (Å²) in [6.45, 7) is 5.75. The van der Waals surface area contributed by atoms with Gasteiger partial charge in [-0.2, -0.15) is 0 Å². The van der Waals surface area contributed by atoms with E-state index < -0.39 is 11.9 Å². The number of hydrogen-bond donors (Lipinski definition) is 2. The first-order valence-electron chi connectivity index (χ1n) is 6.89. The van der Waals surface area contributed by atoms with Crippen molar-refractivity contribution in [2.24, 2.45) is 11.8 Å². The van der Waals surface area contributed by atoms with Gasteiger partial charge in [0, 0.05) is 20.2 Å². The van der Waals surface area contributed by atoms with E-state index in [1.54, 1.807) is 24.2 Å². The van der Waals surface area contributed by atoms with Gasteiger partial charge in [-0.05, 0) is 12.3 Å². The largest absolute Gasteiger partial charge is 0.481 e. The van der Waals surface area contributed by atoms with Gasteiger partial charge in [0.25, 0.3) is 0 Å². The summed E-state index contributed by atoms with van der Waals surface area (Å²) < 4.78 is 5.01. The molecular weight excluding hydrogens is 260 g/mol. The Balaban J connectivity index is 2.49. The van der Waals surface area contributed by atoms with Gasteiger partial charge < -0.3 is 20.1 Å². The van der Waals surface area contributed by atoms with Crippen LogP contribution in [0.1, 0.15) is 20.3 Å². The van der Waals surface area contributed by atoms with E-state index in [4.69, 9.17) is 9.84 Å². The van der Waals surface area contributed by atoms with Gasteiger partial charge in [0.05, 0.1) is 18.6 Å². The van der Waals surface area contributed by atoms with Crippen LogP contribution >= 0.6 is 0 Å². The van der Waals surface area contributed by atoms with Crippen molar-refractivity contribution in [1.29, 1.82) is 0 Å². The van der Waals surface area contributed by atoms with Crippen LogP contribution in [0.3, 0.4) is 0 Å². The highest BCUT2D eigenvalue weighted by Crippen LogP contribution is 2.18. The first kappa shape index (κ1) is 16.5. The zero-order chi connectivity index (χ0) is 15.1. The van der Waals surface area contributed by atoms with Gasteiger partial charge in [0.15, 0.2) is 0 Å². The number of carbonyl (C=O) groups is 2. The summed E-state index contributed by atoms with van der Waals surface area (Å²) in [6, 6.07) is -0.378. The molecule has 0 bridgehead atoms. The van der Waals surface area contributed by atoms with E-state index in [0.29, 0.717) is 32.0 Å². The molecule has 2 N–H and O–H groups in total. The highest BCUT2D eigenvalue weighted by atomic mass is 16.5. The van der Waals surface area contributed by atoms with E-state index in [9.17, 15) is 9.59 Å². The molecule has 2 unspecified atom stereocenters. The maximum absolute atomic E-state index is 12.2. The van der Waals surface area contributed by atoms with Gasteiger partial charge in [0.2, 0.25) is 0 Å². The third kappa shape index (κ3) is 5.21. The van der Waals surface area contributed by atoms with E-state index in [2.05, 4.69) is 5.32 Å². The molecular formula is C14H24N2O4. The molecule has 2 amide bonds. The maximum atomic E-state index is 12.2. The lowest BCUT2D eigenvalue weighted by atomic mass is 10.1. The van der Waals surface area contributed by atoms with Crippen molar-refractivity contribution in [3.63, 3.8) is 0 Å². The fraction of sp³-hybridized carbons (Fsp3) is 0.714. The Hall–Kier alpha value is -1.56. The Kier molecular flexibility index (Phi) is 6.51. The van der Waals surface area contributed by atoms with Crippen molar-refractivity contribution in [3.05, 3.63) is 12.2 Å². The third-order valence-electron chi connectivity index (χ3n) is 3.15. The van der Waals surface area contributed by atoms with Crippen molar-refractivity contribution < 1.29 is 19.4 Å². The predicted molar refractivity (Wildman–Crippen MR) is 75.5 cm³/mol. The lowest BCUT2D eigenvalue weighted by molar-refractivity contribution is -0.140. The van der Waals surface area contributed by atoms with Crippen LogP contribution < -0.4 is 5.32 Å². The second-order valence-electron chi connectivity index (χ2n) is 5.45. The summed E-state index contributed by atoms with van der Waals surface area (Å²) in [5.74, 6) is -0.988. The van der Waals surface area contributed by atoms with Gasteiger partial charge in [-0.15, -0.1) is 0 Å². The zero-order valence-electron chi connectivity index (χ0n) is 12.3. The average molecular weight is 284 g/mol. The quantitative estimate of drug-likeness (QED) is 0.691. The van der Waals surface area contributed by atoms with Crippen molar-refractivity contribution >= 4 is 12.0 Å². The van der Waals surface area contributed by atoms with Crippen LogP contribution in [0, 0.1) is 11.8 Å². The molecule has 0 aromatic carbocycles. The summed E-state index contributed by atoms with van der Waals surface area (Å²) in [5.41, 5.74) is 0. The number of methoxy groups -OCH3 is 1. The predicted octanol–water partition coefficient (Wildman–Crippen LogP) is 1.33. The average Bonchev–Trinajstić information content (AvgIpc) is 2.82. The van der Waals surface area contributed by atoms with E-state index in [1.165, 1.54) is 0 Å². The number of carboxylic acid groups (broad SMARTS) is 1. The molecule has 0 saturated heterocycles. The van der Waals surface area contributed by atoms with Crippen LogP contribution in [0.2, 0.25) is 0 Å². The molecule has 6 nitrogen and oxygen atoms in total. The molecule has 0 spiro atoms. The van der Waals surface area contributed by atoms with Crippen LogP contribution in [0.5, 0.6) is 0 Å². The first-order chi connectivity index (χ1) is 9.43. The lowest BCUT2D eigenvalue weighted by Gasteiger charge is -2.26. The molecule has 0 aromatic heterocycles. The Morgan fingerprint density at radius 3 is 2.65 bits per heavy atom. The van der Waals surface area contributed by atoms with Crippen molar-refractivity contribution in [2.75, 3.05) is 26.8 Å². The van der Waals surface area contributed by atoms with Crippen LogP contribution in [0.25, 0.3) is 0 Å². The Labute approximate surface area is 119 Å². The van der Waals surface area contributed by atoms with E-state index in [-0.39, 0.29) is 12.1 Å². The number of ether oxygens (including phenoxy) is 1. The van der Waals surface area contributed by atoms with Gasteiger partial charge in [-0.3, -0.25) is 4.79 Å². The molecule has 0 heterocycles. The molecule has 2 atom stereocenters. The molecule has 0 aromatic rings. The van der Waals surface area contributed by atoms with Gasteiger partial charge in [0.1, 0.15) is 0 Å². The topological polar surface area (TPSA) is 78.9 Å². The molecule has 1 rings (SSSR count). The summed E-state index contributed by atoms with van der Waals surface area (Å²) in [6.07, 6.45) is 3.80. The summed E-state index contributed by atoms with van der Waals surface area (Å²) >= 11 is 0. The molecule has 20 heavy (non-hydrogen) atoms. The highest BCUT2D eigenvalue weighted by Gasteiger charge is 2.26. The number of nitrogens with one attached hydrogen (secondary N) is 1. The van der Waals surface area contributed by atoms with E-state index in [0.717, 1.165) is 0 Å². The normalized spacial score (nSPS) is 21.2. The minimum atomic E-state index is -0.851. The summed E-state index contributed by atoms with van der Waals surface area (Å²) in [7, 11) is 1.60. The lowest BCUT2D eigenvalue weighted by Crippen LogP contribution is -2.46. The maximum Gasteiger partial charge on any atom is 0.317 e. The minimum absolute atomic E-state index is 0.170. The molecule has 0 radical (unpaired) electrons. The monoisotopic (exact) mass is 284 g/mol. The molecule has 6 heteroatoms. The smallest absolute Gasteiger partial charge is 0.317 e. The van der Waals surface area contributed by atoms with Gasteiger partial charge >= 0.3 is 12.0 Å². The van der Waals surface area contributed by atoms with Crippen LogP contribution in [-0.4, -0.2) is 54.9 Å². The fourth-order valence-electron chi connectivity index (χ4n) is 2.16. The van der Waals surface area contributed by atoms with E-state index in [1.807, 2.05) is 13.8 Å². The number of carbonyl (C=O) groups excluding carboxylic acids is 1. The van der Waals surface area contributed by atoms with Crippen LogP contribution in [0.15, 0.2) is 12.2 Å². The number of hydrogen-bond acceptors (Lipinski definition) is 3. The fourth-order valence-corrected chi connectivity index (χ4v) is 2.16. The van der Waals surface area contributed by atoms with Crippen molar-refractivity contribution in [1.82, 2.24) is 10.2 Å². The summed E-state index contributed by atoms with van der Waals surface area (Å²) in [5, 5.41) is 11.8. The van der Waals surface area contributed by atoms with Crippen molar-refractivity contribution in [3.8, 4) is 0 Å². The second-order valence-corrected chi connectivity index (χ2v) is 5.45. The van der Waals surface area contributed by atoms with Crippen LogP contribution in [0.4, 0.5) is 4.79 Å². The molecule has 1 aliphatic carbocycles. The molecule has 1 aliphatic rings. The molecule has 114 valence electrons. The minimum Gasteiger partial charge on any atom is -0.481 e. The number of nitrogens with zero attached hydrogens (tertiary/aromatic N) is 1. The SMILES string of the molecule is COCCN(CC(C)C)C(=O)NC1C=CC(C(=O)O)C1. The van der Waals surface area contributed by atoms with Crippen molar-refractivity contribution in [2.45, 2.75) is 26.3 Å². The van der Waals surface area contributed by atoms with Gasteiger partial charge in [-0.1, -0.05) is 26.0 Å². The number of carboxylic acids is 1. The Morgan fingerprint density at radius 2 is 2.15 bits per heavy atom. The molecule has 0 saturated carbocycles. The Bertz CT molecular complexity index is 368. The van der Waals surface area contributed by atoms with Crippen LogP contribution in [-0.2, 0) is 9.53 Å². The van der Waals surface area contributed by atoms with E-state index >= 15 is 0 Å². The Morgan fingerprint density at radius 1 is 1.45 bits per heavy atom. The number of rotatable bonds is 7. The second kappa shape index (κ2) is 7.89. The standard InChI is InChI=1S/C14H24N2O4/c1-10(2)9-16(6-7-20-3)14(19)15-12-5-4-11(8-12)13(17)18/h4-5,10-12H,6-9H2,1-3H3,(H,15,19)(H,17,18). The molecule has 0 fully saturated rings. The highest BCUT2D eigenvalue weighted by molar-refractivity contribution is 5.76. The number of aliphatic carboxylic acids is 1.